The molecule has 0 atom stereocenters. The van der Waals surface area contributed by atoms with Gasteiger partial charge in [0.15, 0.2) is 0 Å². The number of halogens is 1. The summed E-state index contributed by atoms with van der Waals surface area (Å²) in [4.78, 5) is 4.51. The summed E-state index contributed by atoms with van der Waals surface area (Å²) in [6.07, 6.45) is 8.08. The minimum atomic E-state index is 0.517. The molecule has 3 nitrogen and oxygen atoms in total. The Labute approximate surface area is 142 Å². The first-order valence-electron chi connectivity index (χ1n) is 8.51. The van der Waals surface area contributed by atoms with Gasteiger partial charge in [-0.3, -0.25) is 0 Å². The Kier molecular flexibility index (Phi) is 4.13. The van der Waals surface area contributed by atoms with Gasteiger partial charge in [-0.1, -0.05) is 29.8 Å². The highest BCUT2D eigenvalue weighted by molar-refractivity contribution is 6.31. The number of anilines is 2. The minimum Gasteiger partial charge on any atom is -0.381 e. The third kappa shape index (κ3) is 3.30. The van der Waals surface area contributed by atoms with E-state index < -0.39 is 0 Å². The fourth-order valence-corrected chi connectivity index (χ4v) is 3.65. The van der Waals surface area contributed by atoms with Crippen molar-refractivity contribution in [2.45, 2.75) is 50.1 Å². The third-order valence-corrected chi connectivity index (χ3v) is 5.42. The number of hydrogen-bond acceptors (Lipinski definition) is 3. The molecule has 4 heteroatoms. The monoisotopic (exact) mass is 327 g/mol. The van der Waals surface area contributed by atoms with E-state index in [0.717, 1.165) is 29.4 Å². The van der Waals surface area contributed by atoms with Crippen molar-refractivity contribution in [3.8, 4) is 0 Å². The molecule has 0 radical (unpaired) electrons. The summed E-state index contributed by atoms with van der Waals surface area (Å²) in [6.45, 7) is 0. The lowest BCUT2D eigenvalue weighted by Gasteiger charge is -2.37. The maximum atomic E-state index is 6.28. The Bertz CT molecular complexity index is 661. The molecule has 1 aromatic carbocycles. The van der Waals surface area contributed by atoms with E-state index in [-0.39, 0.29) is 0 Å². The molecule has 1 heterocycles. The molecule has 2 fully saturated rings. The molecule has 2 aliphatic carbocycles. The fourth-order valence-electron chi connectivity index (χ4n) is 3.36. The Morgan fingerprint density at radius 1 is 0.957 bits per heavy atom. The molecule has 1 aromatic heterocycles. The standard InChI is InChI=1S/C19H22ClN3/c20-18-7-2-1-6-17(18)13-10-16(11-13)22-15-8-9-19(21-12-15)23-14-4-3-5-14/h1-2,6-9,12-14,16,22H,3-5,10-11H2,(H,21,23). The summed E-state index contributed by atoms with van der Waals surface area (Å²) < 4.78 is 0. The molecule has 2 saturated carbocycles. The highest BCUT2D eigenvalue weighted by atomic mass is 35.5. The van der Waals surface area contributed by atoms with Crippen LogP contribution in [0.5, 0.6) is 0 Å². The van der Waals surface area contributed by atoms with Crippen LogP contribution in [0.15, 0.2) is 42.6 Å². The maximum Gasteiger partial charge on any atom is 0.126 e. The molecule has 120 valence electrons. The average Bonchev–Trinajstić information content (AvgIpc) is 2.49. The molecule has 0 unspecified atom stereocenters. The van der Waals surface area contributed by atoms with Crippen LogP contribution in [0, 0.1) is 0 Å². The topological polar surface area (TPSA) is 37.0 Å². The van der Waals surface area contributed by atoms with E-state index in [4.69, 9.17) is 11.6 Å². The van der Waals surface area contributed by atoms with E-state index in [9.17, 15) is 0 Å². The first-order chi connectivity index (χ1) is 11.3. The average molecular weight is 328 g/mol. The van der Waals surface area contributed by atoms with E-state index in [1.165, 1.54) is 24.8 Å². The lowest BCUT2D eigenvalue weighted by Crippen LogP contribution is -2.34. The minimum absolute atomic E-state index is 0.517. The van der Waals surface area contributed by atoms with Crippen LogP contribution < -0.4 is 10.6 Å². The van der Waals surface area contributed by atoms with Crippen LogP contribution >= 0.6 is 11.6 Å². The first-order valence-corrected chi connectivity index (χ1v) is 8.89. The van der Waals surface area contributed by atoms with Crippen molar-refractivity contribution in [1.82, 2.24) is 4.98 Å². The summed E-state index contributed by atoms with van der Waals surface area (Å²) >= 11 is 6.28. The van der Waals surface area contributed by atoms with Crippen molar-refractivity contribution in [1.29, 1.82) is 0 Å². The highest BCUT2D eigenvalue weighted by Gasteiger charge is 2.31. The summed E-state index contributed by atoms with van der Waals surface area (Å²) in [6, 6.07) is 13.5. The summed E-state index contributed by atoms with van der Waals surface area (Å²) in [5.74, 6) is 1.57. The fraction of sp³-hybridized carbons (Fsp3) is 0.421. The molecule has 4 rings (SSSR count). The number of aromatic nitrogens is 1. The molecule has 0 amide bonds. The van der Waals surface area contributed by atoms with Gasteiger partial charge in [0, 0.05) is 17.1 Å². The van der Waals surface area contributed by atoms with Crippen LogP contribution in [0.1, 0.15) is 43.6 Å². The molecule has 2 N–H and O–H groups in total. The number of nitrogens with zero attached hydrogens (tertiary/aromatic N) is 1. The lowest BCUT2D eigenvalue weighted by molar-refractivity contribution is 0.374. The second kappa shape index (κ2) is 6.40. The van der Waals surface area contributed by atoms with Crippen molar-refractivity contribution >= 4 is 23.1 Å². The van der Waals surface area contributed by atoms with Gasteiger partial charge in [-0.25, -0.2) is 4.98 Å². The zero-order valence-corrected chi connectivity index (χ0v) is 13.9. The van der Waals surface area contributed by atoms with Gasteiger partial charge >= 0.3 is 0 Å². The van der Waals surface area contributed by atoms with Crippen LogP contribution in [0.2, 0.25) is 5.02 Å². The van der Waals surface area contributed by atoms with Crippen LogP contribution in [0.4, 0.5) is 11.5 Å². The van der Waals surface area contributed by atoms with Gasteiger partial charge < -0.3 is 10.6 Å². The van der Waals surface area contributed by atoms with Gasteiger partial charge in [-0.15, -0.1) is 0 Å². The summed E-state index contributed by atoms with van der Waals surface area (Å²) in [7, 11) is 0. The van der Waals surface area contributed by atoms with Crippen molar-refractivity contribution < 1.29 is 0 Å². The summed E-state index contributed by atoms with van der Waals surface area (Å²) in [5.41, 5.74) is 2.39. The second-order valence-corrected chi connectivity index (χ2v) is 7.14. The third-order valence-electron chi connectivity index (χ3n) is 5.07. The molecule has 0 saturated heterocycles. The van der Waals surface area contributed by atoms with Crippen LogP contribution in [0.25, 0.3) is 0 Å². The van der Waals surface area contributed by atoms with Crippen LogP contribution in [0.3, 0.4) is 0 Å². The van der Waals surface area contributed by atoms with Gasteiger partial charge in [0.25, 0.3) is 0 Å². The lowest BCUT2D eigenvalue weighted by atomic mass is 9.76. The molecular weight excluding hydrogens is 306 g/mol. The van der Waals surface area contributed by atoms with Crippen molar-refractivity contribution in [2.24, 2.45) is 0 Å². The van der Waals surface area contributed by atoms with E-state index in [1.54, 1.807) is 0 Å². The largest absolute Gasteiger partial charge is 0.381 e. The molecule has 0 bridgehead atoms. The number of rotatable bonds is 5. The van der Waals surface area contributed by atoms with Gasteiger partial charge in [-0.05, 0) is 61.8 Å². The van der Waals surface area contributed by atoms with Crippen molar-refractivity contribution in [3.63, 3.8) is 0 Å². The number of nitrogens with one attached hydrogen (secondary N) is 2. The second-order valence-electron chi connectivity index (χ2n) is 6.74. The quantitative estimate of drug-likeness (QED) is 0.806. The Morgan fingerprint density at radius 2 is 1.78 bits per heavy atom. The van der Waals surface area contributed by atoms with E-state index in [0.29, 0.717) is 18.0 Å². The predicted molar refractivity (Wildman–Crippen MR) is 96.3 cm³/mol. The van der Waals surface area contributed by atoms with Crippen molar-refractivity contribution in [3.05, 3.63) is 53.2 Å². The Balaban J connectivity index is 1.29. The van der Waals surface area contributed by atoms with Gasteiger partial charge in [0.2, 0.25) is 0 Å². The molecule has 2 aliphatic rings. The highest BCUT2D eigenvalue weighted by Crippen LogP contribution is 2.41. The SMILES string of the molecule is Clc1ccccc1C1CC(Nc2ccc(NC3CCC3)nc2)C1. The predicted octanol–water partition coefficient (Wildman–Crippen LogP) is 5.06. The maximum absolute atomic E-state index is 6.28. The van der Waals surface area contributed by atoms with Gasteiger partial charge in [-0.2, -0.15) is 0 Å². The Hall–Kier alpha value is -1.74. The normalized spacial score (nSPS) is 23.7. The van der Waals surface area contributed by atoms with Gasteiger partial charge in [0.05, 0.1) is 11.9 Å². The number of hydrogen-bond donors (Lipinski definition) is 2. The zero-order chi connectivity index (χ0) is 15.6. The smallest absolute Gasteiger partial charge is 0.126 e. The van der Waals surface area contributed by atoms with Crippen LogP contribution in [-0.4, -0.2) is 17.1 Å². The molecular formula is C19H22ClN3. The summed E-state index contributed by atoms with van der Waals surface area (Å²) in [5, 5.41) is 7.93. The molecule has 0 spiro atoms. The number of benzene rings is 1. The van der Waals surface area contributed by atoms with E-state index in [1.807, 2.05) is 18.3 Å². The first kappa shape index (κ1) is 14.8. The molecule has 23 heavy (non-hydrogen) atoms. The molecule has 0 aliphatic heterocycles. The van der Waals surface area contributed by atoms with Crippen molar-refractivity contribution in [2.75, 3.05) is 10.6 Å². The number of pyridine rings is 1. The van der Waals surface area contributed by atoms with Crippen LogP contribution in [-0.2, 0) is 0 Å². The zero-order valence-electron chi connectivity index (χ0n) is 13.1. The van der Waals surface area contributed by atoms with E-state index in [2.05, 4.69) is 39.9 Å². The van der Waals surface area contributed by atoms with Gasteiger partial charge in [0.1, 0.15) is 5.82 Å². The van der Waals surface area contributed by atoms with E-state index >= 15 is 0 Å². The molecule has 2 aromatic rings. The Morgan fingerprint density at radius 3 is 2.43 bits per heavy atom.